The predicted octanol–water partition coefficient (Wildman–Crippen LogP) is 5.97. The fraction of sp³-hybridized carbons (Fsp3) is 0.182. The van der Waals surface area contributed by atoms with Gasteiger partial charge in [0.2, 0.25) is 0 Å². The molecule has 0 aliphatic heterocycles. The van der Waals surface area contributed by atoms with Crippen molar-refractivity contribution in [1.82, 2.24) is 0 Å². The molecular formula is C22H28Cl2SiZr-4. The van der Waals surface area contributed by atoms with Crippen molar-refractivity contribution in [2.24, 2.45) is 0 Å². The standard InChI is InChI=1S/C13H9.C5H5.2C2H5.2ClH.H2Si.Zr/c1-3-7-12-10(5-1)9-11-6-2-4-8-13(11)12;1-2-4-5-3-1;2*1-2;;;;/h1-5,7-8H,9H2;1-3H,4H2;2*1H2,2H3;2*1H;1H2;/q4*-1;;;;. The molecule has 142 valence electrons. The van der Waals surface area contributed by atoms with E-state index in [2.05, 4.69) is 68.5 Å². The van der Waals surface area contributed by atoms with Crippen LogP contribution in [0.5, 0.6) is 0 Å². The molecule has 0 N–H and O–H groups in total. The van der Waals surface area contributed by atoms with Gasteiger partial charge in [-0.25, -0.2) is 12.2 Å². The van der Waals surface area contributed by atoms with Crippen LogP contribution in [0.3, 0.4) is 0 Å². The van der Waals surface area contributed by atoms with E-state index in [-0.39, 0.29) is 24.8 Å². The number of rotatable bonds is 0. The second-order valence-corrected chi connectivity index (χ2v) is 4.40. The number of fused-ring (bicyclic) bond motifs is 3. The second kappa shape index (κ2) is 20.9. The first-order valence-corrected chi connectivity index (χ1v) is 13.9. The number of allylic oxidation sites excluding steroid dienone is 4. The van der Waals surface area contributed by atoms with Crippen LogP contribution in [-0.4, -0.2) is 6.88 Å². The Hall–Kier alpha value is -0.400. The van der Waals surface area contributed by atoms with Crippen LogP contribution in [0.2, 0.25) is 0 Å². The smallest absolute Gasteiger partial charge is 0.0253 e. The molecule has 0 heterocycles. The third-order valence-corrected chi connectivity index (χ3v) is 3.20. The maximum absolute atomic E-state index is 3.30. The first-order valence-electron chi connectivity index (χ1n) is 8.01. The van der Waals surface area contributed by atoms with Crippen LogP contribution in [0.4, 0.5) is 0 Å². The minimum Gasteiger partial charge on any atom is -0.179 e. The summed E-state index contributed by atoms with van der Waals surface area (Å²) in [5, 5.41) is 0. The molecule has 2 aromatic carbocycles. The zero-order valence-corrected chi connectivity index (χ0v) is 21.1. The number of benzene rings is 2. The number of halogens is 2. The van der Waals surface area contributed by atoms with Gasteiger partial charge in [-0.05, 0) is 6.42 Å². The van der Waals surface area contributed by atoms with Crippen molar-refractivity contribution in [2.45, 2.75) is 26.7 Å². The predicted molar refractivity (Wildman–Crippen MR) is 120 cm³/mol. The molecule has 0 aromatic heterocycles. The van der Waals surface area contributed by atoms with E-state index in [1.165, 1.54) is 22.3 Å². The van der Waals surface area contributed by atoms with Crippen LogP contribution in [-0.2, 0) is 29.8 Å². The summed E-state index contributed by atoms with van der Waals surface area (Å²) in [5.41, 5.74) is 5.51. The molecule has 2 aliphatic carbocycles. The number of hydrogen-bond donors (Lipinski definition) is 0. The first-order chi connectivity index (χ1) is 11.9. The van der Waals surface area contributed by atoms with Gasteiger partial charge in [-0.1, -0.05) is 35.4 Å². The molecule has 0 spiro atoms. The van der Waals surface area contributed by atoms with Gasteiger partial charge >= 0.3 is 30.2 Å². The molecule has 0 amide bonds. The molecule has 2 aliphatic rings. The summed E-state index contributed by atoms with van der Waals surface area (Å²) in [6.07, 6.45) is 11.0. The topological polar surface area (TPSA) is 0 Å². The molecule has 0 atom stereocenters. The van der Waals surface area contributed by atoms with Crippen molar-refractivity contribution < 1.29 is 23.3 Å². The molecule has 0 fully saturated rings. The van der Waals surface area contributed by atoms with Gasteiger partial charge < -0.3 is 13.8 Å². The van der Waals surface area contributed by atoms with Crippen LogP contribution in [0.1, 0.15) is 31.4 Å². The largest absolute Gasteiger partial charge is 0.179 e. The van der Waals surface area contributed by atoms with Gasteiger partial charge in [0.15, 0.2) is 0 Å². The van der Waals surface area contributed by atoms with Crippen LogP contribution in [0.25, 0.3) is 11.1 Å². The maximum atomic E-state index is 3.30. The van der Waals surface area contributed by atoms with Crippen molar-refractivity contribution in [3.05, 3.63) is 97.8 Å². The Morgan fingerprint density at radius 1 is 0.923 bits per heavy atom. The van der Waals surface area contributed by atoms with E-state index in [9.17, 15) is 0 Å². The Labute approximate surface area is 189 Å². The van der Waals surface area contributed by atoms with E-state index in [1.54, 1.807) is 37.2 Å². The summed E-state index contributed by atoms with van der Waals surface area (Å²) in [6.45, 7) is 12.0. The monoisotopic (exact) mass is 480 g/mol. The quantitative estimate of drug-likeness (QED) is 0.274. The first kappa shape index (κ1) is 30.3. The zero-order chi connectivity index (χ0) is 18.2. The molecule has 4 heteroatoms. The van der Waals surface area contributed by atoms with Gasteiger partial charge in [0.25, 0.3) is 0 Å². The van der Waals surface area contributed by atoms with Gasteiger partial charge in [0.05, 0.1) is 0 Å². The minimum absolute atomic E-state index is 0. The average Bonchev–Trinajstić information content (AvgIpc) is 3.38. The Balaban J connectivity index is -0.000000349. The molecule has 26 heavy (non-hydrogen) atoms. The van der Waals surface area contributed by atoms with Gasteiger partial charge in [-0.15, -0.1) is 36.8 Å². The van der Waals surface area contributed by atoms with E-state index in [0.717, 1.165) is 12.8 Å². The second-order valence-electron chi connectivity index (χ2n) is 4.40. The van der Waals surface area contributed by atoms with E-state index in [4.69, 9.17) is 0 Å². The summed E-state index contributed by atoms with van der Waals surface area (Å²) < 4.78 is 0. The van der Waals surface area contributed by atoms with Crippen molar-refractivity contribution in [3.8, 4) is 11.1 Å². The fourth-order valence-electron chi connectivity index (χ4n) is 2.34. The van der Waals surface area contributed by atoms with Crippen molar-refractivity contribution in [3.63, 3.8) is 0 Å². The van der Waals surface area contributed by atoms with Crippen molar-refractivity contribution >= 4 is 31.7 Å². The van der Waals surface area contributed by atoms with E-state index in [0.29, 0.717) is 0 Å². The fourth-order valence-corrected chi connectivity index (χ4v) is 2.34. The van der Waals surface area contributed by atoms with Crippen LogP contribution in [0, 0.1) is 26.0 Å². The van der Waals surface area contributed by atoms with Crippen LogP contribution in [0.15, 0.2) is 60.7 Å². The Bertz CT molecular complexity index is 586. The summed E-state index contributed by atoms with van der Waals surface area (Å²) in [7, 11) is 0. The van der Waals surface area contributed by atoms with Gasteiger partial charge in [-0.3, -0.25) is 6.08 Å². The molecule has 0 bridgehead atoms. The van der Waals surface area contributed by atoms with Crippen molar-refractivity contribution in [2.75, 3.05) is 0 Å². The van der Waals surface area contributed by atoms with E-state index in [1.807, 2.05) is 25.1 Å². The van der Waals surface area contributed by atoms with E-state index < -0.39 is 0 Å². The summed E-state index contributed by atoms with van der Waals surface area (Å²) >= 11 is 1.58. The minimum atomic E-state index is 0. The SMILES string of the molecule is Cl.Cl.[C-]1=CC=CC1.[CH2-]C.[CH2-]C.[SiH2]=[Zr].[c-]1cccc2c1Cc1ccccc1-2. The Morgan fingerprint density at radius 2 is 1.54 bits per heavy atom. The molecule has 0 saturated heterocycles. The molecule has 0 nitrogen and oxygen atoms in total. The van der Waals surface area contributed by atoms with Crippen LogP contribution >= 0.6 is 24.8 Å². The summed E-state index contributed by atoms with van der Waals surface area (Å²) in [5.74, 6) is 0. The molecule has 0 radical (unpaired) electrons. The van der Waals surface area contributed by atoms with Gasteiger partial charge in [0, 0.05) is 0 Å². The normalized spacial score (nSPS) is 10.1. The average molecular weight is 483 g/mol. The zero-order valence-electron chi connectivity index (χ0n) is 15.6. The van der Waals surface area contributed by atoms with Crippen LogP contribution < -0.4 is 0 Å². The molecule has 0 unspecified atom stereocenters. The Kier molecular flexibility index (Phi) is 24.4. The maximum Gasteiger partial charge on any atom is -0.0253 e. The molecule has 0 saturated carbocycles. The van der Waals surface area contributed by atoms with E-state index >= 15 is 0 Å². The summed E-state index contributed by atoms with van der Waals surface area (Å²) in [6, 6.07) is 18.1. The number of hydrogen-bond acceptors (Lipinski definition) is 0. The third-order valence-electron chi connectivity index (χ3n) is 3.20. The van der Waals surface area contributed by atoms with Crippen molar-refractivity contribution in [1.29, 1.82) is 0 Å². The molecular weight excluding hydrogens is 454 g/mol. The molecule has 4 rings (SSSR count). The summed E-state index contributed by atoms with van der Waals surface area (Å²) in [4.78, 5) is 0. The molecule has 2 aromatic rings. The third kappa shape index (κ3) is 10.1. The Morgan fingerprint density at radius 3 is 2.08 bits per heavy atom. The van der Waals surface area contributed by atoms with Gasteiger partial charge in [-0.2, -0.15) is 49.8 Å². The van der Waals surface area contributed by atoms with Gasteiger partial charge in [0.1, 0.15) is 0 Å².